The SMILES string of the molecule is C=C(SC)SCCC. The van der Waals surface area contributed by atoms with Crippen molar-refractivity contribution in [1.29, 1.82) is 0 Å². The van der Waals surface area contributed by atoms with Gasteiger partial charge in [-0.05, 0) is 18.4 Å². The van der Waals surface area contributed by atoms with E-state index in [4.69, 9.17) is 0 Å². The van der Waals surface area contributed by atoms with Crippen LogP contribution in [-0.4, -0.2) is 12.0 Å². The Balaban J connectivity index is 2.99. The van der Waals surface area contributed by atoms with E-state index in [-0.39, 0.29) is 0 Å². The van der Waals surface area contributed by atoms with E-state index in [1.54, 1.807) is 11.8 Å². The van der Waals surface area contributed by atoms with Gasteiger partial charge in [0, 0.05) is 4.24 Å². The zero-order valence-electron chi connectivity index (χ0n) is 5.44. The van der Waals surface area contributed by atoms with Crippen LogP contribution in [-0.2, 0) is 0 Å². The molecule has 48 valence electrons. The molecular formula is C6H12S2. The largest absolute Gasteiger partial charge is 0.123 e. The van der Waals surface area contributed by atoms with E-state index in [9.17, 15) is 0 Å². The summed E-state index contributed by atoms with van der Waals surface area (Å²) >= 11 is 3.58. The van der Waals surface area contributed by atoms with Crippen LogP contribution in [0.3, 0.4) is 0 Å². The van der Waals surface area contributed by atoms with Crippen LogP contribution in [0.4, 0.5) is 0 Å². The van der Waals surface area contributed by atoms with Crippen molar-refractivity contribution in [2.24, 2.45) is 0 Å². The maximum absolute atomic E-state index is 3.84. The number of rotatable bonds is 4. The van der Waals surface area contributed by atoms with Gasteiger partial charge in [0.1, 0.15) is 0 Å². The third-order valence-electron chi connectivity index (χ3n) is 0.695. The van der Waals surface area contributed by atoms with E-state index in [2.05, 4.69) is 19.8 Å². The minimum atomic E-state index is 1.21. The van der Waals surface area contributed by atoms with Gasteiger partial charge in [0.05, 0.1) is 0 Å². The van der Waals surface area contributed by atoms with Crippen molar-refractivity contribution in [2.75, 3.05) is 12.0 Å². The predicted octanol–water partition coefficient (Wildman–Crippen LogP) is 2.96. The van der Waals surface area contributed by atoms with Gasteiger partial charge in [-0.2, -0.15) is 0 Å². The van der Waals surface area contributed by atoms with Gasteiger partial charge in [0.15, 0.2) is 0 Å². The first-order valence-corrected chi connectivity index (χ1v) is 4.88. The van der Waals surface area contributed by atoms with E-state index >= 15 is 0 Å². The lowest BCUT2D eigenvalue weighted by atomic mass is 10.6. The molecule has 0 heterocycles. The Labute approximate surface area is 60.1 Å². The molecule has 0 atom stereocenters. The molecule has 0 aliphatic heterocycles. The highest BCUT2D eigenvalue weighted by molar-refractivity contribution is 8.21. The molecule has 0 aliphatic carbocycles. The normalized spacial score (nSPS) is 9.25. The smallest absolute Gasteiger partial charge is 0.0325 e. The van der Waals surface area contributed by atoms with Crippen LogP contribution in [0, 0.1) is 0 Å². The molecule has 0 aliphatic rings. The molecule has 0 nitrogen and oxygen atoms in total. The van der Waals surface area contributed by atoms with Crippen molar-refractivity contribution in [3.8, 4) is 0 Å². The molecule has 8 heavy (non-hydrogen) atoms. The van der Waals surface area contributed by atoms with Crippen molar-refractivity contribution >= 4 is 23.5 Å². The van der Waals surface area contributed by atoms with Crippen molar-refractivity contribution in [2.45, 2.75) is 13.3 Å². The van der Waals surface area contributed by atoms with Crippen molar-refractivity contribution in [3.63, 3.8) is 0 Å². The second kappa shape index (κ2) is 5.57. The van der Waals surface area contributed by atoms with Crippen LogP contribution in [0.25, 0.3) is 0 Å². The fourth-order valence-electron chi connectivity index (χ4n) is 0.275. The molecule has 0 N–H and O–H groups in total. The second-order valence-electron chi connectivity index (χ2n) is 1.42. The predicted molar refractivity (Wildman–Crippen MR) is 45.4 cm³/mol. The monoisotopic (exact) mass is 148 g/mol. The van der Waals surface area contributed by atoms with E-state index in [1.807, 2.05) is 11.8 Å². The molecular weight excluding hydrogens is 136 g/mol. The van der Waals surface area contributed by atoms with Crippen LogP contribution < -0.4 is 0 Å². The first kappa shape index (κ1) is 8.44. The highest BCUT2D eigenvalue weighted by Gasteiger charge is 1.87. The van der Waals surface area contributed by atoms with Gasteiger partial charge in [-0.15, -0.1) is 23.5 Å². The quantitative estimate of drug-likeness (QED) is 0.601. The highest BCUT2D eigenvalue weighted by Crippen LogP contribution is 2.23. The molecule has 0 saturated carbocycles. The lowest BCUT2D eigenvalue weighted by molar-refractivity contribution is 1.11. The molecule has 0 aromatic carbocycles. The molecule has 0 radical (unpaired) electrons. The van der Waals surface area contributed by atoms with E-state index in [0.717, 1.165) is 0 Å². The fourth-order valence-corrected chi connectivity index (χ4v) is 1.43. The van der Waals surface area contributed by atoms with E-state index in [0.29, 0.717) is 0 Å². The summed E-state index contributed by atoms with van der Waals surface area (Å²) in [5.41, 5.74) is 0. The lowest BCUT2D eigenvalue weighted by Crippen LogP contribution is -1.70. The van der Waals surface area contributed by atoms with E-state index in [1.165, 1.54) is 16.4 Å². The molecule has 0 aromatic heterocycles. The van der Waals surface area contributed by atoms with Gasteiger partial charge >= 0.3 is 0 Å². The standard InChI is InChI=1S/C6H12S2/c1-4-5-8-6(2)7-3/h2,4-5H2,1,3H3. The van der Waals surface area contributed by atoms with Crippen LogP contribution in [0.15, 0.2) is 10.8 Å². The minimum Gasteiger partial charge on any atom is -0.123 e. The van der Waals surface area contributed by atoms with Gasteiger partial charge in [0.2, 0.25) is 0 Å². The summed E-state index contributed by atoms with van der Waals surface area (Å²) in [6.07, 6.45) is 3.30. The zero-order chi connectivity index (χ0) is 6.41. The molecule has 0 bridgehead atoms. The van der Waals surface area contributed by atoms with Gasteiger partial charge in [-0.3, -0.25) is 0 Å². The maximum atomic E-state index is 3.84. The van der Waals surface area contributed by atoms with E-state index < -0.39 is 0 Å². The molecule has 0 aromatic rings. The summed E-state index contributed by atoms with van der Waals surface area (Å²) in [5.74, 6) is 1.21. The molecule has 0 amide bonds. The fraction of sp³-hybridized carbons (Fsp3) is 0.667. The van der Waals surface area contributed by atoms with Gasteiger partial charge in [-0.25, -0.2) is 0 Å². The average molecular weight is 148 g/mol. The summed E-state index contributed by atoms with van der Waals surface area (Å²) in [4.78, 5) is 0. The molecule has 0 rings (SSSR count). The summed E-state index contributed by atoms with van der Waals surface area (Å²) in [6, 6.07) is 0. The average Bonchev–Trinajstić information content (AvgIpc) is 1.83. The third kappa shape index (κ3) is 4.60. The van der Waals surface area contributed by atoms with Gasteiger partial charge in [0.25, 0.3) is 0 Å². The maximum Gasteiger partial charge on any atom is 0.0325 e. The Morgan fingerprint density at radius 1 is 1.62 bits per heavy atom. The second-order valence-corrected chi connectivity index (χ2v) is 3.77. The van der Waals surface area contributed by atoms with Crippen LogP contribution in [0.1, 0.15) is 13.3 Å². The van der Waals surface area contributed by atoms with Crippen molar-refractivity contribution in [3.05, 3.63) is 10.8 Å². The lowest BCUT2D eigenvalue weighted by Gasteiger charge is -1.96. The first-order valence-electron chi connectivity index (χ1n) is 2.67. The summed E-state index contributed by atoms with van der Waals surface area (Å²) in [7, 11) is 0. The Hall–Kier alpha value is 0.440. The first-order chi connectivity index (χ1) is 3.81. The number of hydrogen-bond acceptors (Lipinski definition) is 2. The van der Waals surface area contributed by atoms with Crippen molar-refractivity contribution in [1.82, 2.24) is 0 Å². The Morgan fingerprint density at radius 3 is 2.62 bits per heavy atom. The third-order valence-corrected chi connectivity index (χ3v) is 2.94. The molecule has 0 saturated heterocycles. The van der Waals surface area contributed by atoms with Crippen LogP contribution in [0.5, 0.6) is 0 Å². The topological polar surface area (TPSA) is 0 Å². The van der Waals surface area contributed by atoms with Crippen molar-refractivity contribution < 1.29 is 0 Å². The molecule has 0 fully saturated rings. The van der Waals surface area contributed by atoms with Gasteiger partial charge < -0.3 is 0 Å². The number of hydrogen-bond donors (Lipinski definition) is 0. The summed E-state index contributed by atoms with van der Waals surface area (Å²) < 4.78 is 1.23. The summed E-state index contributed by atoms with van der Waals surface area (Å²) in [6.45, 7) is 6.02. The summed E-state index contributed by atoms with van der Waals surface area (Å²) in [5, 5.41) is 0. The molecule has 2 heteroatoms. The Kier molecular flexibility index (Phi) is 5.88. The Bertz CT molecular complexity index is 68.9. The van der Waals surface area contributed by atoms with Crippen LogP contribution in [0.2, 0.25) is 0 Å². The highest BCUT2D eigenvalue weighted by atomic mass is 32.2. The Morgan fingerprint density at radius 2 is 2.25 bits per heavy atom. The minimum absolute atomic E-state index is 1.21. The zero-order valence-corrected chi connectivity index (χ0v) is 7.07. The number of thioether (sulfide) groups is 2. The van der Waals surface area contributed by atoms with Gasteiger partial charge in [-0.1, -0.05) is 13.5 Å². The molecule has 0 spiro atoms. The van der Waals surface area contributed by atoms with Crippen LogP contribution >= 0.6 is 23.5 Å². The molecule has 0 unspecified atom stereocenters.